The summed E-state index contributed by atoms with van der Waals surface area (Å²) in [5.74, 6) is -1.93. The Morgan fingerprint density at radius 3 is 2.40 bits per heavy atom. The van der Waals surface area contributed by atoms with Crippen molar-refractivity contribution >= 4 is 21.6 Å². The van der Waals surface area contributed by atoms with Crippen molar-refractivity contribution in [2.45, 2.75) is 11.4 Å². The number of carbonyl (C=O) groups excluding carboxylic acids is 1. The normalized spacial score (nSPS) is 11.0. The number of carbonyl (C=O) groups is 1. The van der Waals surface area contributed by atoms with Crippen LogP contribution >= 0.6 is 0 Å². The van der Waals surface area contributed by atoms with Crippen molar-refractivity contribution in [2.75, 3.05) is 11.8 Å². The lowest BCUT2D eigenvalue weighted by molar-refractivity contribution is 0.0950. The number of benzene rings is 3. The Kier molecular flexibility index (Phi) is 6.31. The van der Waals surface area contributed by atoms with Crippen LogP contribution in [0.4, 0.5) is 14.5 Å². The second kappa shape index (κ2) is 8.91. The zero-order valence-electron chi connectivity index (χ0n) is 15.9. The predicted octanol–water partition coefficient (Wildman–Crippen LogP) is 3.70. The van der Waals surface area contributed by atoms with Gasteiger partial charge in [-0.3, -0.25) is 9.52 Å². The van der Waals surface area contributed by atoms with Crippen molar-refractivity contribution in [3.05, 3.63) is 89.5 Å². The molecule has 0 aliphatic heterocycles. The minimum Gasteiger partial charge on any atom is -0.495 e. The molecule has 0 aromatic heterocycles. The number of para-hydroxylation sites is 2. The number of halogens is 2. The van der Waals surface area contributed by atoms with E-state index in [4.69, 9.17) is 4.74 Å². The molecule has 0 bridgehead atoms. The van der Waals surface area contributed by atoms with Crippen LogP contribution in [-0.4, -0.2) is 21.4 Å². The van der Waals surface area contributed by atoms with Crippen LogP contribution in [-0.2, 0) is 16.6 Å². The summed E-state index contributed by atoms with van der Waals surface area (Å²) in [6, 6.07) is 15.1. The van der Waals surface area contributed by atoms with Crippen LogP contribution in [0.1, 0.15) is 15.9 Å². The summed E-state index contributed by atoms with van der Waals surface area (Å²) < 4.78 is 60.7. The molecule has 0 spiro atoms. The molecule has 1 amide bonds. The number of hydrogen-bond acceptors (Lipinski definition) is 4. The maximum atomic E-state index is 14.3. The van der Waals surface area contributed by atoms with Crippen molar-refractivity contribution in [1.29, 1.82) is 0 Å². The molecule has 2 N–H and O–H groups in total. The topological polar surface area (TPSA) is 84.5 Å². The summed E-state index contributed by atoms with van der Waals surface area (Å²) in [7, 11) is -2.98. The molecule has 0 aliphatic carbocycles. The van der Waals surface area contributed by atoms with Gasteiger partial charge in [0.15, 0.2) is 0 Å². The summed E-state index contributed by atoms with van der Waals surface area (Å²) in [6.45, 7) is -0.107. The third kappa shape index (κ3) is 4.74. The van der Waals surface area contributed by atoms with E-state index in [1.165, 1.54) is 31.4 Å². The number of amides is 1. The van der Waals surface area contributed by atoms with Crippen molar-refractivity contribution in [1.82, 2.24) is 5.32 Å². The van der Waals surface area contributed by atoms with Gasteiger partial charge in [-0.05, 0) is 36.4 Å². The summed E-state index contributed by atoms with van der Waals surface area (Å²) in [5, 5.41) is 2.49. The van der Waals surface area contributed by atoms with Crippen LogP contribution in [0.2, 0.25) is 0 Å². The number of hydrogen-bond donors (Lipinski definition) is 2. The smallest absolute Gasteiger partial charge is 0.264 e. The molecule has 0 aliphatic rings. The first-order valence-corrected chi connectivity index (χ1v) is 10.3. The Morgan fingerprint density at radius 1 is 0.967 bits per heavy atom. The van der Waals surface area contributed by atoms with E-state index in [1.54, 1.807) is 24.3 Å². The molecule has 0 saturated carbocycles. The quantitative estimate of drug-likeness (QED) is 0.596. The van der Waals surface area contributed by atoms with Crippen molar-refractivity contribution < 1.29 is 26.7 Å². The van der Waals surface area contributed by atoms with Crippen LogP contribution in [0, 0.1) is 11.6 Å². The molecule has 0 radical (unpaired) electrons. The van der Waals surface area contributed by atoms with E-state index in [1.807, 2.05) is 0 Å². The minimum atomic E-state index is -4.35. The van der Waals surface area contributed by atoms with Crippen molar-refractivity contribution in [3.8, 4) is 5.75 Å². The van der Waals surface area contributed by atoms with Gasteiger partial charge in [-0.25, -0.2) is 17.2 Å². The number of anilines is 1. The molecule has 3 rings (SSSR count). The highest BCUT2D eigenvalue weighted by Crippen LogP contribution is 2.27. The lowest BCUT2D eigenvalue weighted by atomic mass is 10.2. The molecule has 3 aromatic carbocycles. The molecule has 0 saturated heterocycles. The number of ether oxygens (including phenoxy) is 1. The lowest BCUT2D eigenvalue weighted by Crippen LogP contribution is -2.24. The van der Waals surface area contributed by atoms with Gasteiger partial charge in [0.05, 0.1) is 12.8 Å². The monoisotopic (exact) mass is 432 g/mol. The Labute approximate surface area is 172 Å². The Bertz CT molecular complexity index is 1180. The maximum Gasteiger partial charge on any atom is 0.264 e. The third-order valence-corrected chi connectivity index (χ3v) is 5.61. The van der Waals surface area contributed by atoms with Gasteiger partial charge >= 0.3 is 0 Å². The standard InChI is InChI=1S/C21H18F2N2O4S/c1-29-19-9-5-4-8-18(19)25-30(27,28)20-12-14(10-11-17(20)23)21(26)24-13-15-6-2-3-7-16(15)22/h2-12,25H,13H2,1H3,(H,24,26). The van der Waals surface area contributed by atoms with Gasteiger partial charge in [0.2, 0.25) is 0 Å². The van der Waals surface area contributed by atoms with E-state index in [0.29, 0.717) is 0 Å². The summed E-state index contributed by atoms with van der Waals surface area (Å²) in [4.78, 5) is 11.7. The fourth-order valence-electron chi connectivity index (χ4n) is 2.70. The van der Waals surface area contributed by atoms with Crippen LogP contribution in [0.3, 0.4) is 0 Å². The van der Waals surface area contributed by atoms with Gasteiger partial charge in [0.1, 0.15) is 22.3 Å². The molecule has 3 aromatic rings. The van der Waals surface area contributed by atoms with Gasteiger partial charge in [-0.15, -0.1) is 0 Å². The van der Waals surface area contributed by atoms with Crippen LogP contribution < -0.4 is 14.8 Å². The molecule has 0 unspecified atom stereocenters. The first kappa shape index (κ1) is 21.3. The van der Waals surface area contributed by atoms with Crippen LogP contribution in [0.5, 0.6) is 5.75 Å². The zero-order valence-corrected chi connectivity index (χ0v) is 16.7. The third-order valence-electron chi connectivity index (χ3n) is 4.23. The molecule has 30 heavy (non-hydrogen) atoms. The Morgan fingerprint density at radius 2 is 1.67 bits per heavy atom. The molecule has 9 heteroatoms. The second-order valence-electron chi connectivity index (χ2n) is 6.23. The number of rotatable bonds is 7. The average Bonchev–Trinajstić information content (AvgIpc) is 2.73. The Balaban J connectivity index is 1.83. The van der Waals surface area contributed by atoms with Gasteiger partial charge in [-0.1, -0.05) is 30.3 Å². The SMILES string of the molecule is COc1ccccc1NS(=O)(=O)c1cc(C(=O)NCc2ccccc2F)ccc1F. The summed E-state index contributed by atoms with van der Waals surface area (Å²) >= 11 is 0. The van der Waals surface area contributed by atoms with Gasteiger partial charge < -0.3 is 10.1 Å². The molecule has 0 atom stereocenters. The van der Waals surface area contributed by atoms with E-state index in [0.717, 1.165) is 18.2 Å². The number of methoxy groups -OCH3 is 1. The fourth-order valence-corrected chi connectivity index (χ4v) is 3.87. The van der Waals surface area contributed by atoms with E-state index in [2.05, 4.69) is 10.0 Å². The molecule has 0 heterocycles. The second-order valence-corrected chi connectivity index (χ2v) is 7.88. The Hall–Kier alpha value is -3.46. The lowest BCUT2D eigenvalue weighted by Gasteiger charge is -2.13. The average molecular weight is 432 g/mol. The van der Waals surface area contributed by atoms with Crippen LogP contribution in [0.25, 0.3) is 0 Å². The molecule has 156 valence electrons. The summed E-state index contributed by atoms with van der Waals surface area (Å²) in [5.41, 5.74) is 0.292. The van der Waals surface area contributed by atoms with E-state index >= 15 is 0 Å². The molecule has 0 fully saturated rings. The molecular formula is C21H18F2N2O4S. The maximum absolute atomic E-state index is 14.3. The number of sulfonamides is 1. The fraction of sp³-hybridized carbons (Fsp3) is 0.0952. The first-order chi connectivity index (χ1) is 14.3. The van der Waals surface area contributed by atoms with E-state index in [9.17, 15) is 22.0 Å². The highest BCUT2D eigenvalue weighted by molar-refractivity contribution is 7.92. The highest BCUT2D eigenvalue weighted by atomic mass is 32.2. The molecular weight excluding hydrogens is 414 g/mol. The minimum absolute atomic E-state index is 0.0897. The predicted molar refractivity (Wildman–Crippen MR) is 108 cm³/mol. The van der Waals surface area contributed by atoms with Gasteiger partial charge in [0.25, 0.3) is 15.9 Å². The zero-order chi connectivity index (χ0) is 21.7. The van der Waals surface area contributed by atoms with E-state index < -0.39 is 32.5 Å². The summed E-state index contributed by atoms with van der Waals surface area (Å²) in [6.07, 6.45) is 0. The molecule has 6 nitrogen and oxygen atoms in total. The number of nitrogens with one attached hydrogen (secondary N) is 2. The van der Waals surface area contributed by atoms with Gasteiger partial charge in [0, 0.05) is 17.7 Å². The first-order valence-electron chi connectivity index (χ1n) is 8.79. The highest BCUT2D eigenvalue weighted by Gasteiger charge is 2.22. The van der Waals surface area contributed by atoms with Crippen molar-refractivity contribution in [3.63, 3.8) is 0 Å². The van der Waals surface area contributed by atoms with E-state index in [-0.39, 0.29) is 29.1 Å². The largest absolute Gasteiger partial charge is 0.495 e. The van der Waals surface area contributed by atoms with Crippen LogP contribution in [0.15, 0.2) is 71.6 Å². The van der Waals surface area contributed by atoms with Crippen molar-refractivity contribution in [2.24, 2.45) is 0 Å². The van der Waals surface area contributed by atoms with Gasteiger partial charge in [-0.2, -0.15) is 0 Å².